The van der Waals surface area contributed by atoms with E-state index >= 15 is 0 Å². The van der Waals surface area contributed by atoms with Gasteiger partial charge in [0.05, 0.1) is 5.92 Å². The minimum absolute atomic E-state index is 0.0148. The van der Waals surface area contributed by atoms with Gasteiger partial charge < -0.3 is 15.2 Å². The minimum Gasteiger partial charge on any atom is -0.356 e. The number of nitrogens with zero attached hydrogens (tertiary/aromatic N) is 2. The lowest BCUT2D eigenvalue weighted by Gasteiger charge is -2.15. The summed E-state index contributed by atoms with van der Waals surface area (Å²) < 4.78 is 0. The lowest BCUT2D eigenvalue weighted by atomic mass is 10.1. The van der Waals surface area contributed by atoms with Crippen LogP contribution in [0.1, 0.15) is 31.5 Å². The van der Waals surface area contributed by atoms with Gasteiger partial charge in [-0.3, -0.25) is 9.59 Å². The van der Waals surface area contributed by atoms with E-state index in [4.69, 9.17) is 0 Å². The van der Waals surface area contributed by atoms with Crippen LogP contribution in [0, 0.1) is 5.92 Å². The Morgan fingerprint density at radius 2 is 2.35 bits per heavy atom. The Morgan fingerprint density at radius 1 is 1.50 bits per heavy atom. The van der Waals surface area contributed by atoms with Gasteiger partial charge in [-0.2, -0.15) is 0 Å². The molecule has 0 spiro atoms. The topological polar surface area (TPSA) is 78.1 Å². The van der Waals surface area contributed by atoms with Crippen LogP contribution in [0.15, 0.2) is 12.4 Å². The first-order valence-electron chi connectivity index (χ1n) is 7.29. The first-order chi connectivity index (χ1) is 9.74. The summed E-state index contributed by atoms with van der Waals surface area (Å²) in [5.74, 6) is 0.936. The van der Waals surface area contributed by atoms with E-state index in [1.807, 2.05) is 4.90 Å². The first-order valence-corrected chi connectivity index (χ1v) is 7.29. The summed E-state index contributed by atoms with van der Waals surface area (Å²) in [7, 11) is 0. The van der Waals surface area contributed by atoms with Gasteiger partial charge in [0, 0.05) is 44.4 Å². The number of nitrogens with one attached hydrogen (secondary N) is 2. The molecule has 0 aromatic carbocycles. The molecule has 2 fully saturated rings. The molecule has 6 heteroatoms. The zero-order valence-electron chi connectivity index (χ0n) is 11.5. The van der Waals surface area contributed by atoms with Crippen molar-refractivity contribution in [3.63, 3.8) is 0 Å². The number of imidazole rings is 1. The highest BCUT2D eigenvalue weighted by Crippen LogP contribution is 2.32. The van der Waals surface area contributed by atoms with E-state index in [1.54, 1.807) is 12.4 Å². The highest BCUT2D eigenvalue weighted by molar-refractivity contribution is 5.89. The summed E-state index contributed by atoms with van der Waals surface area (Å²) in [6.45, 7) is 1.24. The number of amides is 2. The van der Waals surface area contributed by atoms with Gasteiger partial charge in [-0.25, -0.2) is 4.98 Å². The zero-order chi connectivity index (χ0) is 13.9. The Labute approximate surface area is 117 Å². The third kappa shape index (κ3) is 3.00. The summed E-state index contributed by atoms with van der Waals surface area (Å²) in [5.41, 5.74) is 0. The van der Waals surface area contributed by atoms with Gasteiger partial charge in [-0.1, -0.05) is 0 Å². The smallest absolute Gasteiger partial charge is 0.225 e. The van der Waals surface area contributed by atoms with Crippen molar-refractivity contribution in [3.05, 3.63) is 18.2 Å². The van der Waals surface area contributed by atoms with Crippen LogP contribution < -0.4 is 5.32 Å². The number of carbonyl (C=O) groups excluding carboxylic acids is 2. The van der Waals surface area contributed by atoms with Crippen molar-refractivity contribution in [1.29, 1.82) is 0 Å². The molecule has 0 radical (unpaired) electrons. The van der Waals surface area contributed by atoms with E-state index in [0.29, 0.717) is 25.6 Å². The summed E-state index contributed by atoms with van der Waals surface area (Å²) in [6, 6.07) is 0.416. The second-order valence-electron chi connectivity index (χ2n) is 5.61. The van der Waals surface area contributed by atoms with Crippen molar-refractivity contribution >= 4 is 11.8 Å². The summed E-state index contributed by atoms with van der Waals surface area (Å²) in [4.78, 5) is 32.9. The van der Waals surface area contributed by atoms with Crippen LogP contribution in [-0.4, -0.2) is 45.8 Å². The average Bonchev–Trinajstić information content (AvgIpc) is 2.99. The maximum atomic E-state index is 12.0. The average molecular weight is 276 g/mol. The number of hydrogen-bond acceptors (Lipinski definition) is 3. The van der Waals surface area contributed by atoms with Crippen LogP contribution in [0.2, 0.25) is 0 Å². The quantitative estimate of drug-likeness (QED) is 0.741. The van der Waals surface area contributed by atoms with E-state index in [9.17, 15) is 9.59 Å². The Morgan fingerprint density at radius 3 is 3.05 bits per heavy atom. The van der Waals surface area contributed by atoms with Gasteiger partial charge >= 0.3 is 0 Å². The molecule has 6 nitrogen and oxygen atoms in total. The summed E-state index contributed by atoms with van der Waals surface area (Å²) in [5, 5.41) is 2.93. The number of rotatable bonds is 6. The normalized spacial score (nSPS) is 22.3. The number of aromatic nitrogens is 2. The molecule has 1 aliphatic carbocycles. The van der Waals surface area contributed by atoms with Crippen LogP contribution in [0.5, 0.6) is 0 Å². The number of carbonyl (C=O) groups is 2. The van der Waals surface area contributed by atoms with Crippen molar-refractivity contribution in [1.82, 2.24) is 20.2 Å². The monoisotopic (exact) mass is 276 g/mol. The second kappa shape index (κ2) is 5.64. The van der Waals surface area contributed by atoms with Crippen molar-refractivity contribution in [2.24, 2.45) is 5.92 Å². The maximum Gasteiger partial charge on any atom is 0.225 e. The maximum absolute atomic E-state index is 12.0. The van der Waals surface area contributed by atoms with Crippen LogP contribution >= 0.6 is 0 Å². The van der Waals surface area contributed by atoms with E-state index < -0.39 is 0 Å². The first kappa shape index (κ1) is 13.1. The van der Waals surface area contributed by atoms with Crippen molar-refractivity contribution in [2.45, 2.75) is 38.1 Å². The molecule has 1 atom stereocenters. The van der Waals surface area contributed by atoms with Gasteiger partial charge in [0.25, 0.3) is 0 Å². The third-order valence-corrected chi connectivity index (χ3v) is 3.96. The molecule has 108 valence electrons. The number of likely N-dealkylation sites (tertiary alicyclic amines) is 1. The van der Waals surface area contributed by atoms with Gasteiger partial charge in [-0.15, -0.1) is 0 Å². The molecule has 2 heterocycles. The Balaban J connectivity index is 1.37. The Hall–Kier alpha value is -1.85. The Bertz CT molecular complexity index is 481. The molecule has 1 saturated heterocycles. The van der Waals surface area contributed by atoms with Gasteiger partial charge in [0.2, 0.25) is 11.8 Å². The summed E-state index contributed by atoms with van der Waals surface area (Å²) >= 11 is 0. The highest BCUT2D eigenvalue weighted by Gasteiger charge is 2.41. The van der Waals surface area contributed by atoms with E-state index in [0.717, 1.165) is 31.5 Å². The van der Waals surface area contributed by atoms with Crippen LogP contribution in [-0.2, 0) is 16.0 Å². The molecule has 2 amide bonds. The molecular formula is C14H20N4O2. The van der Waals surface area contributed by atoms with Crippen molar-refractivity contribution in [3.8, 4) is 0 Å². The standard InChI is InChI=1S/C14H20N4O2/c19-13-8-10(9-18(13)11-3-4-11)14(20)17-5-1-2-12-15-6-7-16-12/h6-7,10-11H,1-5,8-9H2,(H,15,16)(H,17,20). The fourth-order valence-corrected chi connectivity index (χ4v) is 2.69. The molecule has 1 unspecified atom stereocenters. The van der Waals surface area contributed by atoms with Gasteiger partial charge in [0.1, 0.15) is 5.82 Å². The fourth-order valence-electron chi connectivity index (χ4n) is 2.69. The fraction of sp³-hybridized carbons (Fsp3) is 0.643. The molecule has 1 aromatic rings. The predicted molar refractivity (Wildman–Crippen MR) is 72.8 cm³/mol. The van der Waals surface area contributed by atoms with E-state index in [-0.39, 0.29) is 17.7 Å². The SMILES string of the molecule is O=C(NCCCc1ncc[nH]1)C1CC(=O)N(C2CC2)C1. The number of H-pyrrole nitrogens is 1. The van der Waals surface area contributed by atoms with Gasteiger partial charge in [0.15, 0.2) is 0 Å². The Kier molecular flexibility index (Phi) is 3.71. The third-order valence-electron chi connectivity index (χ3n) is 3.96. The predicted octanol–water partition coefficient (Wildman–Crippen LogP) is 0.469. The van der Waals surface area contributed by atoms with Crippen molar-refractivity contribution in [2.75, 3.05) is 13.1 Å². The molecule has 3 rings (SSSR count). The molecule has 0 bridgehead atoms. The largest absolute Gasteiger partial charge is 0.356 e. The molecule has 1 aromatic heterocycles. The summed E-state index contributed by atoms with van der Waals surface area (Å²) in [6.07, 6.45) is 7.78. The molecular weight excluding hydrogens is 256 g/mol. The minimum atomic E-state index is -0.160. The molecule has 2 N–H and O–H groups in total. The number of hydrogen-bond donors (Lipinski definition) is 2. The van der Waals surface area contributed by atoms with Crippen molar-refractivity contribution < 1.29 is 9.59 Å². The number of aryl methyl sites for hydroxylation is 1. The number of aromatic amines is 1. The molecule has 1 saturated carbocycles. The van der Waals surface area contributed by atoms with Crippen LogP contribution in [0.4, 0.5) is 0 Å². The second-order valence-corrected chi connectivity index (χ2v) is 5.61. The van der Waals surface area contributed by atoms with E-state index in [2.05, 4.69) is 15.3 Å². The lowest BCUT2D eigenvalue weighted by Crippen LogP contribution is -2.34. The highest BCUT2D eigenvalue weighted by atomic mass is 16.2. The zero-order valence-corrected chi connectivity index (χ0v) is 11.5. The lowest BCUT2D eigenvalue weighted by molar-refractivity contribution is -0.129. The molecule has 1 aliphatic heterocycles. The van der Waals surface area contributed by atoms with Crippen LogP contribution in [0.25, 0.3) is 0 Å². The molecule has 2 aliphatic rings. The van der Waals surface area contributed by atoms with E-state index in [1.165, 1.54) is 0 Å². The van der Waals surface area contributed by atoms with Crippen LogP contribution in [0.3, 0.4) is 0 Å². The van der Waals surface area contributed by atoms with Gasteiger partial charge in [-0.05, 0) is 19.3 Å². The molecule has 20 heavy (non-hydrogen) atoms.